The molecule has 3 aromatic rings. The van der Waals surface area contributed by atoms with E-state index in [0.29, 0.717) is 42.8 Å². The number of hydrogen-bond acceptors (Lipinski definition) is 9. The van der Waals surface area contributed by atoms with Crippen LogP contribution >= 0.6 is 11.3 Å². The molecule has 9 nitrogen and oxygen atoms in total. The standard InChI is InChI=1S/C21H18F3N5O4S/c22-21(23,24)13-2-3-16(29-6-8-32-9-7-29)14(10-13)27-17(30)11-33-20(31)15-12-34-19(28-15)18-25-4-1-5-26-18/h1-5,10,12H,6-9,11H2,(H,27,30). The Morgan fingerprint density at radius 1 is 1.18 bits per heavy atom. The Balaban J connectivity index is 1.43. The summed E-state index contributed by atoms with van der Waals surface area (Å²) in [7, 11) is 0. The van der Waals surface area contributed by atoms with Gasteiger partial charge in [0.1, 0.15) is 0 Å². The monoisotopic (exact) mass is 493 g/mol. The SMILES string of the molecule is O=C(COC(=O)c1csc(-c2ncccn2)n1)Nc1cc(C(F)(F)F)ccc1N1CCOCC1. The Labute approximate surface area is 195 Å². The average molecular weight is 493 g/mol. The second-order valence-electron chi connectivity index (χ2n) is 7.06. The van der Waals surface area contributed by atoms with E-state index in [4.69, 9.17) is 9.47 Å². The number of ether oxygens (including phenoxy) is 2. The number of hydrogen-bond donors (Lipinski definition) is 1. The number of nitrogens with zero attached hydrogens (tertiary/aromatic N) is 4. The minimum atomic E-state index is -4.58. The molecule has 2 aromatic heterocycles. The number of carbonyl (C=O) groups is 2. The fourth-order valence-corrected chi connectivity index (χ4v) is 3.90. The van der Waals surface area contributed by atoms with E-state index >= 15 is 0 Å². The number of amides is 1. The summed E-state index contributed by atoms with van der Waals surface area (Å²) in [5.41, 5.74) is -0.554. The lowest BCUT2D eigenvalue weighted by Gasteiger charge is -2.31. The molecule has 1 aromatic carbocycles. The van der Waals surface area contributed by atoms with Crippen LogP contribution in [0.1, 0.15) is 16.1 Å². The summed E-state index contributed by atoms with van der Waals surface area (Å²) in [6, 6.07) is 4.76. The van der Waals surface area contributed by atoms with Gasteiger partial charge in [0.05, 0.1) is 30.2 Å². The number of benzene rings is 1. The first kappa shape index (κ1) is 23.6. The molecule has 3 heterocycles. The molecule has 4 rings (SSSR count). The van der Waals surface area contributed by atoms with E-state index in [1.54, 1.807) is 6.07 Å². The van der Waals surface area contributed by atoms with Gasteiger partial charge in [-0.15, -0.1) is 11.3 Å². The van der Waals surface area contributed by atoms with Crippen LogP contribution in [0.15, 0.2) is 42.0 Å². The number of anilines is 2. The Kier molecular flexibility index (Phi) is 7.03. The third-order valence-electron chi connectivity index (χ3n) is 4.75. The molecule has 1 aliphatic heterocycles. The van der Waals surface area contributed by atoms with Crippen molar-refractivity contribution in [3.05, 3.63) is 53.3 Å². The largest absolute Gasteiger partial charge is 0.451 e. The topological polar surface area (TPSA) is 107 Å². The highest BCUT2D eigenvalue weighted by Gasteiger charge is 2.32. The third-order valence-corrected chi connectivity index (χ3v) is 5.59. The number of esters is 1. The van der Waals surface area contributed by atoms with Gasteiger partial charge in [-0.05, 0) is 24.3 Å². The fraction of sp³-hybridized carbons (Fsp3) is 0.286. The highest BCUT2D eigenvalue weighted by Crippen LogP contribution is 2.35. The number of alkyl halides is 3. The van der Waals surface area contributed by atoms with Gasteiger partial charge in [-0.25, -0.2) is 19.7 Å². The lowest BCUT2D eigenvalue weighted by atomic mass is 10.1. The summed E-state index contributed by atoms with van der Waals surface area (Å²) in [4.78, 5) is 38.7. The lowest BCUT2D eigenvalue weighted by Crippen LogP contribution is -2.37. The molecule has 13 heteroatoms. The molecular formula is C21H18F3N5O4S. The Hall–Kier alpha value is -3.58. The summed E-state index contributed by atoms with van der Waals surface area (Å²) in [6.45, 7) is 1.04. The summed E-state index contributed by atoms with van der Waals surface area (Å²) >= 11 is 1.13. The Morgan fingerprint density at radius 3 is 2.62 bits per heavy atom. The minimum Gasteiger partial charge on any atom is -0.451 e. The zero-order chi connectivity index (χ0) is 24.1. The molecule has 0 spiro atoms. The minimum absolute atomic E-state index is 0.0325. The first-order chi connectivity index (χ1) is 16.3. The molecule has 34 heavy (non-hydrogen) atoms. The number of nitrogens with one attached hydrogen (secondary N) is 1. The Bertz CT molecular complexity index is 1170. The molecule has 0 aliphatic carbocycles. The van der Waals surface area contributed by atoms with Gasteiger partial charge < -0.3 is 19.7 Å². The van der Waals surface area contributed by atoms with Crippen molar-refractivity contribution in [2.45, 2.75) is 6.18 Å². The fourth-order valence-electron chi connectivity index (χ4n) is 3.16. The molecule has 1 saturated heterocycles. The van der Waals surface area contributed by atoms with Gasteiger partial charge in [0, 0.05) is 30.9 Å². The quantitative estimate of drug-likeness (QED) is 0.522. The van der Waals surface area contributed by atoms with Gasteiger partial charge in [0.25, 0.3) is 5.91 Å². The smallest absolute Gasteiger partial charge is 0.416 e. The van der Waals surface area contributed by atoms with E-state index in [-0.39, 0.29) is 11.4 Å². The summed E-state index contributed by atoms with van der Waals surface area (Å²) in [5.74, 6) is -1.31. The van der Waals surface area contributed by atoms with E-state index in [1.807, 2.05) is 4.90 Å². The van der Waals surface area contributed by atoms with Crippen molar-refractivity contribution in [1.82, 2.24) is 15.0 Å². The van der Waals surface area contributed by atoms with Crippen molar-refractivity contribution in [1.29, 1.82) is 0 Å². The maximum atomic E-state index is 13.2. The van der Waals surface area contributed by atoms with Crippen LogP contribution in [0.2, 0.25) is 0 Å². The van der Waals surface area contributed by atoms with Gasteiger partial charge in [-0.2, -0.15) is 13.2 Å². The van der Waals surface area contributed by atoms with Gasteiger partial charge >= 0.3 is 12.1 Å². The highest BCUT2D eigenvalue weighted by atomic mass is 32.1. The van der Waals surface area contributed by atoms with E-state index in [0.717, 1.165) is 23.5 Å². The molecule has 1 fully saturated rings. The van der Waals surface area contributed by atoms with Crippen molar-refractivity contribution in [2.24, 2.45) is 0 Å². The lowest BCUT2D eigenvalue weighted by molar-refractivity contribution is -0.137. The first-order valence-corrected chi connectivity index (χ1v) is 10.9. The molecule has 0 bridgehead atoms. The van der Waals surface area contributed by atoms with Gasteiger partial charge in [0.15, 0.2) is 23.1 Å². The van der Waals surface area contributed by atoms with E-state index in [2.05, 4.69) is 20.3 Å². The molecule has 1 aliphatic rings. The average Bonchev–Trinajstić information content (AvgIpc) is 3.34. The van der Waals surface area contributed by atoms with Gasteiger partial charge in [0.2, 0.25) is 0 Å². The number of aromatic nitrogens is 3. The van der Waals surface area contributed by atoms with E-state index < -0.39 is 30.2 Å². The van der Waals surface area contributed by atoms with Crippen molar-refractivity contribution in [2.75, 3.05) is 43.1 Å². The summed E-state index contributed by atoms with van der Waals surface area (Å²) in [5, 5.41) is 4.26. The number of halogens is 3. The molecule has 1 N–H and O–H groups in total. The summed E-state index contributed by atoms with van der Waals surface area (Å²) < 4.78 is 49.9. The van der Waals surface area contributed by atoms with Gasteiger partial charge in [-0.1, -0.05) is 0 Å². The first-order valence-electron chi connectivity index (χ1n) is 10.0. The third kappa shape index (κ3) is 5.66. The second kappa shape index (κ2) is 10.1. The molecule has 0 unspecified atom stereocenters. The number of morpholine rings is 1. The Morgan fingerprint density at radius 2 is 1.91 bits per heavy atom. The van der Waals surface area contributed by atoms with Crippen LogP contribution in [0.25, 0.3) is 10.8 Å². The highest BCUT2D eigenvalue weighted by molar-refractivity contribution is 7.13. The van der Waals surface area contributed by atoms with E-state index in [9.17, 15) is 22.8 Å². The molecule has 0 saturated carbocycles. The molecule has 0 atom stereocenters. The second-order valence-corrected chi connectivity index (χ2v) is 7.92. The molecule has 0 radical (unpaired) electrons. The van der Waals surface area contributed by atoms with Gasteiger partial charge in [-0.3, -0.25) is 4.79 Å². The van der Waals surface area contributed by atoms with Crippen molar-refractivity contribution >= 4 is 34.6 Å². The number of carbonyl (C=O) groups excluding carboxylic acids is 2. The van der Waals surface area contributed by atoms with Crippen molar-refractivity contribution in [3.63, 3.8) is 0 Å². The zero-order valence-electron chi connectivity index (χ0n) is 17.5. The van der Waals surface area contributed by atoms with Crippen LogP contribution in [0.5, 0.6) is 0 Å². The zero-order valence-corrected chi connectivity index (χ0v) is 18.4. The van der Waals surface area contributed by atoms with Crippen LogP contribution in [0.4, 0.5) is 24.5 Å². The predicted molar refractivity (Wildman–Crippen MR) is 117 cm³/mol. The van der Waals surface area contributed by atoms with Crippen LogP contribution in [-0.2, 0) is 20.4 Å². The normalized spacial score (nSPS) is 14.0. The number of thiazole rings is 1. The molecular weight excluding hydrogens is 475 g/mol. The molecule has 178 valence electrons. The van der Waals surface area contributed by atoms with Crippen molar-refractivity contribution < 1.29 is 32.2 Å². The molecule has 1 amide bonds. The van der Waals surface area contributed by atoms with Crippen molar-refractivity contribution in [3.8, 4) is 10.8 Å². The van der Waals surface area contributed by atoms with Crippen LogP contribution < -0.4 is 10.2 Å². The summed E-state index contributed by atoms with van der Waals surface area (Å²) in [6.07, 6.45) is -1.52. The maximum absolute atomic E-state index is 13.2. The predicted octanol–water partition coefficient (Wildman–Crippen LogP) is 3.25. The van der Waals surface area contributed by atoms with E-state index in [1.165, 1.54) is 23.8 Å². The maximum Gasteiger partial charge on any atom is 0.416 e. The van der Waals surface area contributed by atoms with Crippen LogP contribution in [-0.4, -0.2) is 59.7 Å². The van der Waals surface area contributed by atoms with Crippen LogP contribution in [0, 0.1) is 0 Å². The number of rotatable bonds is 6. The van der Waals surface area contributed by atoms with Crippen LogP contribution in [0.3, 0.4) is 0 Å².